The van der Waals surface area contributed by atoms with Gasteiger partial charge in [-0.1, -0.05) is 38.1 Å². The molecule has 0 heterocycles. The van der Waals surface area contributed by atoms with E-state index in [0.717, 1.165) is 12.0 Å². The van der Waals surface area contributed by atoms with E-state index in [2.05, 4.69) is 13.8 Å². The van der Waals surface area contributed by atoms with Crippen molar-refractivity contribution in [3.8, 4) is 0 Å². The van der Waals surface area contributed by atoms with Crippen LogP contribution in [0.4, 0.5) is 0 Å². The van der Waals surface area contributed by atoms with E-state index in [1.165, 1.54) is 5.56 Å². The van der Waals surface area contributed by atoms with Crippen molar-refractivity contribution in [1.29, 1.82) is 0 Å². The van der Waals surface area contributed by atoms with Crippen LogP contribution in [0.5, 0.6) is 0 Å². The Labute approximate surface area is 113 Å². The molecule has 0 amide bonds. The molecule has 0 saturated heterocycles. The molecule has 0 aromatic heterocycles. The molecule has 0 fully saturated rings. The van der Waals surface area contributed by atoms with E-state index in [0.29, 0.717) is 5.92 Å². The van der Waals surface area contributed by atoms with E-state index in [4.69, 9.17) is 0 Å². The zero-order valence-electron chi connectivity index (χ0n) is 9.62. The first kappa shape index (κ1) is 14.7. The molecule has 1 aromatic rings. The number of hydrogen-bond donors (Lipinski definition) is 0. The molecule has 0 radical (unpaired) electrons. The quantitative estimate of drug-likeness (QED) is 0.572. The minimum absolute atomic E-state index is 0. The third-order valence-electron chi connectivity index (χ3n) is 2.51. The Morgan fingerprint density at radius 1 is 1.33 bits per heavy atom. The van der Waals surface area contributed by atoms with Crippen LogP contribution in [0.3, 0.4) is 0 Å². The number of hydrogen-bond acceptors (Lipinski definition) is 2. The molecule has 0 aliphatic rings. The molecule has 0 bridgehead atoms. The number of benzene rings is 1. The predicted octanol–water partition coefficient (Wildman–Crippen LogP) is -1.50. The van der Waals surface area contributed by atoms with Crippen LogP contribution in [0.1, 0.15) is 37.3 Å². The zero-order chi connectivity index (χ0) is 10.6. The molecule has 1 rings (SSSR count). The van der Waals surface area contributed by atoms with Crippen molar-refractivity contribution < 1.29 is 39.5 Å². The fraction of sp³-hybridized carbons (Fsp3) is 0.417. The third-order valence-corrected chi connectivity index (χ3v) is 2.51. The Morgan fingerprint density at radius 2 is 1.87 bits per heavy atom. The minimum Gasteiger partial charge on any atom is -0.550 e. The fourth-order valence-electron chi connectivity index (χ4n) is 1.37. The Morgan fingerprint density at radius 3 is 2.27 bits per heavy atom. The second-order valence-corrected chi connectivity index (χ2v) is 3.60. The monoisotopic (exact) mass is 214 g/mol. The topological polar surface area (TPSA) is 40.1 Å². The van der Waals surface area contributed by atoms with Crippen LogP contribution in [0, 0.1) is 0 Å². The van der Waals surface area contributed by atoms with Crippen molar-refractivity contribution >= 4 is 5.97 Å². The molecule has 0 aliphatic carbocycles. The summed E-state index contributed by atoms with van der Waals surface area (Å²) in [6, 6.07) is 7.70. The van der Waals surface area contributed by atoms with Gasteiger partial charge < -0.3 is 9.90 Å². The van der Waals surface area contributed by atoms with Gasteiger partial charge in [0.1, 0.15) is 0 Å². The van der Waals surface area contributed by atoms with Crippen molar-refractivity contribution in [2.75, 3.05) is 0 Å². The SMILES string of the molecule is CCC(C)c1ccc(CC(=O)[O-])cc1.[Na+]. The van der Waals surface area contributed by atoms with Gasteiger partial charge >= 0.3 is 29.6 Å². The second-order valence-electron chi connectivity index (χ2n) is 3.60. The molecule has 15 heavy (non-hydrogen) atoms. The maximum atomic E-state index is 10.3. The number of carboxylic acids is 1. The smallest absolute Gasteiger partial charge is 0.550 e. The molecular weight excluding hydrogens is 199 g/mol. The predicted molar refractivity (Wildman–Crippen MR) is 53.9 cm³/mol. The summed E-state index contributed by atoms with van der Waals surface area (Å²) in [7, 11) is 0. The van der Waals surface area contributed by atoms with Gasteiger partial charge in [0.15, 0.2) is 0 Å². The average Bonchev–Trinajstić information content (AvgIpc) is 2.17. The number of aliphatic carboxylic acids is 1. The molecule has 0 saturated carbocycles. The van der Waals surface area contributed by atoms with Crippen molar-refractivity contribution in [1.82, 2.24) is 0 Å². The Kier molecular flexibility index (Phi) is 6.90. The van der Waals surface area contributed by atoms with Gasteiger partial charge in [-0.15, -0.1) is 0 Å². The van der Waals surface area contributed by atoms with Crippen LogP contribution in [-0.4, -0.2) is 5.97 Å². The first-order valence-corrected chi connectivity index (χ1v) is 4.92. The van der Waals surface area contributed by atoms with Gasteiger partial charge in [-0.2, -0.15) is 0 Å². The Balaban J connectivity index is 0.00000196. The molecule has 3 heteroatoms. The van der Waals surface area contributed by atoms with Crippen molar-refractivity contribution in [2.45, 2.75) is 32.6 Å². The van der Waals surface area contributed by atoms with Crippen LogP contribution in [-0.2, 0) is 11.2 Å². The van der Waals surface area contributed by atoms with Crippen molar-refractivity contribution in [3.63, 3.8) is 0 Å². The summed E-state index contributed by atoms with van der Waals surface area (Å²) in [6.45, 7) is 4.30. The summed E-state index contributed by atoms with van der Waals surface area (Å²) >= 11 is 0. The van der Waals surface area contributed by atoms with Crippen molar-refractivity contribution in [3.05, 3.63) is 35.4 Å². The van der Waals surface area contributed by atoms with Gasteiger partial charge in [-0.25, -0.2) is 0 Å². The fourth-order valence-corrected chi connectivity index (χ4v) is 1.37. The largest absolute Gasteiger partial charge is 1.00 e. The summed E-state index contributed by atoms with van der Waals surface area (Å²) < 4.78 is 0. The zero-order valence-corrected chi connectivity index (χ0v) is 11.6. The summed E-state index contributed by atoms with van der Waals surface area (Å²) in [5.41, 5.74) is 2.06. The van der Waals surface area contributed by atoms with Gasteiger partial charge in [0.05, 0.1) is 0 Å². The van der Waals surface area contributed by atoms with Crippen molar-refractivity contribution in [2.24, 2.45) is 0 Å². The minimum atomic E-state index is -1.03. The molecule has 0 N–H and O–H groups in total. The van der Waals surface area contributed by atoms with Crippen LogP contribution in [0.25, 0.3) is 0 Å². The number of carbonyl (C=O) groups excluding carboxylic acids is 1. The van der Waals surface area contributed by atoms with E-state index in [-0.39, 0.29) is 36.0 Å². The number of carbonyl (C=O) groups is 1. The average molecular weight is 214 g/mol. The number of rotatable bonds is 4. The van der Waals surface area contributed by atoms with Crippen LogP contribution in [0.2, 0.25) is 0 Å². The summed E-state index contributed by atoms with van der Waals surface area (Å²) in [6.07, 6.45) is 1.10. The maximum absolute atomic E-state index is 10.3. The molecule has 1 unspecified atom stereocenters. The third kappa shape index (κ3) is 4.83. The normalized spacial score (nSPS) is 11.6. The van der Waals surface area contributed by atoms with Gasteiger partial charge in [0.2, 0.25) is 0 Å². The van der Waals surface area contributed by atoms with Gasteiger partial charge in [0, 0.05) is 12.4 Å². The summed E-state index contributed by atoms with van der Waals surface area (Å²) in [4.78, 5) is 10.3. The Bertz CT molecular complexity index is 306. The van der Waals surface area contributed by atoms with E-state index in [1.807, 2.05) is 24.3 Å². The molecule has 0 spiro atoms. The first-order valence-electron chi connectivity index (χ1n) is 4.92. The van der Waals surface area contributed by atoms with E-state index < -0.39 is 5.97 Å². The summed E-state index contributed by atoms with van der Waals surface area (Å²) in [5.74, 6) is -0.492. The van der Waals surface area contributed by atoms with E-state index in [9.17, 15) is 9.90 Å². The van der Waals surface area contributed by atoms with Crippen LogP contribution < -0.4 is 34.7 Å². The second kappa shape index (κ2) is 7.04. The molecule has 0 aliphatic heterocycles. The van der Waals surface area contributed by atoms with Gasteiger partial charge in [0.25, 0.3) is 0 Å². The van der Waals surface area contributed by atoms with Gasteiger partial charge in [-0.3, -0.25) is 0 Å². The molecule has 76 valence electrons. The van der Waals surface area contributed by atoms with E-state index >= 15 is 0 Å². The molecule has 1 atom stereocenters. The van der Waals surface area contributed by atoms with Crippen LogP contribution >= 0.6 is 0 Å². The molecule has 1 aromatic carbocycles. The Hall–Kier alpha value is -0.310. The summed E-state index contributed by atoms with van der Waals surface area (Å²) in [5, 5.41) is 10.3. The molecule has 2 nitrogen and oxygen atoms in total. The number of carboxylic acid groups (broad SMARTS) is 1. The van der Waals surface area contributed by atoms with Crippen LogP contribution in [0.15, 0.2) is 24.3 Å². The van der Waals surface area contributed by atoms with Gasteiger partial charge in [-0.05, 0) is 23.5 Å². The first-order chi connectivity index (χ1) is 6.63. The standard InChI is InChI=1S/C12H16O2.Na/c1-3-9(2)11-6-4-10(5-7-11)8-12(13)14;/h4-7,9H,3,8H2,1-2H3,(H,13,14);/q;+1/p-1. The molecular formula is C12H15NaO2. The van der Waals surface area contributed by atoms with E-state index in [1.54, 1.807) is 0 Å². The maximum Gasteiger partial charge on any atom is 1.00 e.